The van der Waals surface area contributed by atoms with E-state index < -0.39 is 9.49 Å². The summed E-state index contributed by atoms with van der Waals surface area (Å²) in [6.07, 6.45) is 10.3. The highest BCUT2D eigenvalue weighted by molar-refractivity contribution is 8.06. The van der Waals surface area contributed by atoms with Gasteiger partial charge in [-0.15, -0.1) is 23.5 Å². The summed E-state index contributed by atoms with van der Waals surface area (Å²) in [6, 6.07) is 10.3. The van der Waals surface area contributed by atoms with Crippen LogP contribution in [0.3, 0.4) is 0 Å². The molecule has 1 aromatic carbocycles. The minimum atomic E-state index is -0.646. The smallest absolute Gasteiger partial charge is 0.245 e. The molecule has 1 N–H and O–H groups in total. The Morgan fingerprint density at radius 3 is 2.10 bits per heavy atom. The molecule has 0 spiro atoms. The zero-order valence-electron chi connectivity index (χ0n) is 17.9. The van der Waals surface area contributed by atoms with Crippen molar-refractivity contribution in [2.75, 3.05) is 11.5 Å². The Morgan fingerprint density at radius 1 is 0.862 bits per heavy atom. The first-order chi connectivity index (χ1) is 14.1. The van der Waals surface area contributed by atoms with Gasteiger partial charge in [0.1, 0.15) is 9.49 Å². The molecule has 1 saturated heterocycles. The Bertz CT molecular complexity index is 695. The molecule has 160 valence electrons. The summed E-state index contributed by atoms with van der Waals surface area (Å²) in [5.74, 6) is 1.93. The summed E-state index contributed by atoms with van der Waals surface area (Å²) in [4.78, 5) is 26.3. The minimum absolute atomic E-state index is 0.0452. The molecule has 3 rings (SSSR count). The predicted molar refractivity (Wildman–Crippen MR) is 126 cm³/mol. The van der Waals surface area contributed by atoms with Crippen molar-refractivity contribution in [2.45, 2.75) is 87.0 Å². The van der Waals surface area contributed by atoms with Crippen LogP contribution in [0.4, 0.5) is 0 Å². The molecule has 3 atom stereocenters. The summed E-state index contributed by atoms with van der Waals surface area (Å²) in [6.45, 7) is 4.43. The zero-order valence-corrected chi connectivity index (χ0v) is 19.5. The maximum atomic E-state index is 13.2. The number of hydrogen-bond donors (Lipinski definition) is 1. The van der Waals surface area contributed by atoms with Gasteiger partial charge in [-0.25, -0.2) is 0 Å². The average molecular weight is 434 g/mol. The van der Waals surface area contributed by atoms with Gasteiger partial charge in [-0.2, -0.15) is 0 Å². The molecular weight excluding hydrogens is 398 g/mol. The third-order valence-corrected chi connectivity index (χ3v) is 9.94. The van der Waals surface area contributed by atoms with E-state index in [-0.39, 0.29) is 17.7 Å². The van der Waals surface area contributed by atoms with Crippen molar-refractivity contribution in [1.29, 1.82) is 0 Å². The first kappa shape index (κ1) is 22.7. The van der Waals surface area contributed by atoms with Crippen molar-refractivity contribution in [3.63, 3.8) is 0 Å². The summed E-state index contributed by atoms with van der Waals surface area (Å²) in [7, 11) is 0. The summed E-state index contributed by atoms with van der Waals surface area (Å²) in [5.41, 5.74) is 1.20. The van der Waals surface area contributed by atoms with Crippen LogP contribution in [0.15, 0.2) is 30.3 Å². The number of amides is 2. The number of rotatable bonds is 13. The van der Waals surface area contributed by atoms with Crippen molar-refractivity contribution in [3.05, 3.63) is 35.9 Å². The van der Waals surface area contributed by atoms with Crippen molar-refractivity contribution in [3.8, 4) is 0 Å². The van der Waals surface area contributed by atoms with Crippen LogP contribution >= 0.6 is 23.5 Å². The summed E-state index contributed by atoms with van der Waals surface area (Å²) < 4.78 is -1.24. The predicted octanol–water partition coefficient (Wildman–Crippen LogP) is 5.93. The first-order valence-corrected chi connectivity index (χ1v) is 13.3. The van der Waals surface area contributed by atoms with Crippen LogP contribution < -0.4 is 5.32 Å². The number of imide groups is 1. The Balaban J connectivity index is 1.80. The van der Waals surface area contributed by atoms with Gasteiger partial charge in [0, 0.05) is 5.92 Å². The molecule has 0 radical (unpaired) electrons. The molecule has 1 unspecified atom stereocenters. The highest BCUT2D eigenvalue weighted by Crippen LogP contribution is 2.68. The van der Waals surface area contributed by atoms with E-state index in [1.54, 1.807) is 23.5 Å². The number of carbonyl (C=O) groups excluding carboxylic acids is 2. The van der Waals surface area contributed by atoms with Crippen LogP contribution in [0.25, 0.3) is 0 Å². The molecule has 2 fully saturated rings. The Hall–Kier alpha value is -0.940. The van der Waals surface area contributed by atoms with Crippen molar-refractivity contribution >= 4 is 35.3 Å². The topological polar surface area (TPSA) is 46.2 Å². The molecule has 0 aromatic heterocycles. The van der Waals surface area contributed by atoms with Gasteiger partial charge in [0.2, 0.25) is 11.8 Å². The van der Waals surface area contributed by atoms with E-state index in [9.17, 15) is 9.59 Å². The fraction of sp³-hybridized carbons (Fsp3) is 0.667. The second-order valence-electron chi connectivity index (χ2n) is 8.33. The zero-order chi connectivity index (χ0) is 20.7. The molecule has 5 heteroatoms. The van der Waals surface area contributed by atoms with Gasteiger partial charge >= 0.3 is 0 Å². The molecule has 29 heavy (non-hydrogen) atoms. The second kappa shape index (κ2) is 10.4. The summed E-state index contributed by atoms with van der Waals surface area (Å²) in [5, 5.41) is 2.74. The van der Waals surface area contributed by atoms with E-state index in [4.69, 9.17) is 0 Å². The molecule has 1 aromatic rings. The van der Waals surface area contributed by atoms with Crippen LogP contribution in [-0.2, 0) is 9.59 Å². The van der Waals surface area contributed by atoms with Crippen molar-refractivity contribution < 1.29 is 9.59 Å². The van der Waals surface area contributed by atoms with Gasteiger partial charge in [0.05, 0.1) is 0 Å². The number of carbonyl (C=O) groups is 2. The number of hydrogen-bond acceptors (Lipinski definition) is 4. The largest absolute Gasteiger partial charge is 0.294 e. The normalized spacial score (nSPS) is 28.1. The lowest BCUT2D eigenvalue weighted by atomic mass is 9.61. The average Bonchev–Trinajstić information content (AvgIpc) is 2.86. The maximum absolute atomic E-state index is 13.2. The highest BCUT2D eigenvalue weighted by Gasteiger charge is 2.77. The molecule has 1 heterocycles. The van der Waals surface area contributed by atoms with Crippen LogP contribution in [-0.4, -0.2) is 32.8 Å². The third kappa shape index (κ3) is 4.27. The minimum Gasteiger partial charge on any atom is -0.294 e. The lowest BCUT2D eigenvalue weighted by molar-refractivity contribution is -0.125. The van der Waals surface area contributed by atoms with E-state index in [0.717, 1.165) is 30.8 Å². The van der Waals surface area contributed by atoms with Crippen molar-refractivity contribution in [2.24, 2.45) is 0 Å². The fourth-order valence-corrected chi connectivity index (χ4v) is 8.37. The van der Waals surface area contributed by atoms with Gasteiger partial charge in [-0.05, 0) is 36.3 Å². The van der Waals surface area contributed by atoms with Gasteiger partial charge in [0.25, 0.3) is 0 Å². The van der Waals surface area contributed by atoms with Gasteiger partial charge in [-0.1, -0.05) is 82.7 Å². The van der Waals surface area contributed by atoms with Crippen LogP contribution in [0, 0.1) is 0 Å². The standard InChI is InChI=1S/C24H35NO2S2/c1-3-5-7-12-16-28-23-18-20(19-14-10-9-11-15-19)24(23,22(27)25-21(23)26)29-17-13-8-6-4-2/h9-11,14-15,20H,3-8,12-13,16-18H2,1-2H3,(H,25,26,27)/t20?,23-,24+/m0/s1. The number of fused-ring (bicyclic) bond motifs is 1. The molecule has 2 aliphatic rings. The lowest BCUT2D eigenvalue weighted by Crippen LogP contribution is -2.66. The quantitative estimate of drug-likeness (QED) is 0.309. The highest BCUT2D eigenvalue weighted by atomic mass is 32.2. The van der Waals surface area contributed by atoms with E-state index in [1.165, 1.54) is 44.1 Å². The number of thioether (sulfide) groups is 2. The first-order valence-electron chi connectivity index (χ1n) is 11.3. The molecule has 1 saturated carbocycles. The third-order valence-electron chi connectivity index (χ3n) is 6.39. The monoisotopic (exact) mass is 433 g/mol. The maximum Gasteiger partial charge on any atom is 0.245 e. The van der Waals surface area contributed by atoms with E-state index in [1.807, 2.05) is 18.2 Å². The van der Waals surface area contributed by atoms with E-state index in [2.05, 4.69) is 31.3 Å². The Labute approximate surface area is 184 Å². The van der Waals surface area contributed by atoms with E-state index in [0.29, 0.717) is 0 Å². The molecule has 1 aliphatic heterocycles. The van der Waals surface area contributed by atoms with Crippen LogP contribution in [0.2, 0.25) is 0 Å². The molecule has 1 aliphatic carbocycles. The number of unbranched alkanes of at least 4 members (excludes halogenated alkanes) is 6. The van der Waals surface area contributed by atoms with Crippen molar-refractivity contribution in [1.82, 2.24) is 5.32 Å². The SMILES string of the molecule is CCCCCCS[C@]12CC(c3ccccc3)[C@@]1(SCCCCCC)C(=O)NC2=O. The fourth-order valence-electron chi connectivity index (χ4n) is 4.72. The Kier molecular flexibility index (Phi) is 8.15. The number of benzene rings is 1. The van der Waals surface area contributed by atoms with Gasteiger partial charge < -0.3 is 0 Å². The molecule has 0 bridgehead atoms. The Morgan fingerprint density at radius 2 is 1.48 bits per heavy atom. The van der Waals surface area contributed by atoms with Gasteiger partial charge in [0.15, 0.2) is 0 Å². The van der Waals surface area contributed by atoms with E-state index >= 15 is 0 Å². The summed E-state index contributed by atoms with van der Waals surface area (Å²) >= 11 is 3.52. The van der Waals surface area contributed by atoms with Gasteiger partial charge in [-0.3, -0.25) is 14.9 Å². The second-order valence-corrected chi connectivity index (χ2v) is 11.1. The number of nitrogens with one attached hydrogen (secondary N) is 1. The molecule has 2 amide bonds. The molecular formula is C24H35NO2S2. The van der Waals surface area contributed by atoms with Crippen LogP contribution in [0.5, 0.6) is 0 Å². The van der Waals surface area contributed by atoms with Crippen LogP contribution in [0.1, 0.15) is 83.1 Å². The molecule has 3 nitrogen and oxygen atoms in total. The lowest BCUT2D eigenvalue weighted by Gasteiger charge is -2.56.